The van der Waals surface area contributed by atoms with Gasteiger partial charge < -0.3 is 14.2 Å². The highest BCUT2D eigenvalue weighted by molar-refractivity contribution is 5.94. The van der Waals surface area contributed by atoms with Crippen LogP contribution in [0.15, 0.2) is 0 Å². The molecule has 0 bridgehead atoms. The van der Waals surface area contributed by atoms with Gasteiger partial charge in [-0.1, -0.05) is 6.92 Å². The number of methoxy groups -OCH3 is 2. The van der Waals surface area contributed by atoms with Crippen LogP contribution in [0.2, 0.25) is 0 Å². The van der Waals surface area contributed by atoms with E-state index < -0.39 is 17.9 Å². The smallest absolute Gasteiger partial charge is 0.320 e. The van der Waals surface area contributed by atoms with Crippen LogP contribution >= 0.6 is 0 Å². The van der Waals surface area contributed by atoms with Crippen molar-refractivity contribution in [3.8, 4) is 0 Å². The third-order valence-electron chi connectivity index (χ3n) is 2.00. The number of ether oxygens (including phenoxy) is 3. The first-order valence-corrected chi connectivity index (χ1v) is 4.84. The Morgan fingerprint density at radius 2 is 1.80 bits per heavy atom. The van der Waals surface area contributed by atoms with E-state index in [9.17, 15) is 9.59 Å². The molecule has 0 aromatic heterocycles. The Morgan fingerprint density at radius 1 is 1.20 bits per heavy atom. The summed E-state index contributed by atoms with van der Waals surface area (Å²) in [6, 6.07) is 0. The van der Waals surface area contributed by atoms with Gasteiger partial charge in [-0.3, -0.25) is 9.59 Å². The quantitative estimate of drug-likeness (QED) is 0.486. The molecule has 0 rings (SSSR count). The highest BCUT2D eigenvalue weighted by atomic mass is 16.6. The van der Waals surface area contributed by atoms with Crippen molar-refractivity contribution in [2.24, 2.45) is 5.92 Å². The lowest BCUT2D eigenvalue weighted by Crippen LogP contribution is -2.30. The Balaban J connectivity index is 4.15. The summed E-state index contributed by atoms with van der Waals surface area (Å²) in [6.07, 6.45) is 0.336. The van der Waals surface area contributed by atoms with Gasteiger partial charge in [-0.25, -0.2) is 0 Å². The monoisotopic (exact) mass is 218 g/mol. The summed E-state index contributed by atoms with van der Waals surface area (Å²) in [5, 5.41) is 0. The molecule has 0 spiro atoms. The van der Waals surface area contributed by atoms with Crippen molar-refractivity contribution in [3.63, 3.8) is 0 Å². The molecule has 0 aromatic carbocycles. The topological polar surface area (TPSA) is 61.8 Å². The first kappa shape index (κ1) is 13.9. The molecule has 0 fully saturated rings. The lowest BCUT2D eigenvalue weighted by molar-refractivity contribution is -0.164. The number of esters is 2. The number of carbonyl (C=O) groups excluding carboxylic acids is 2. The first-order chi connectivity index (χ1) is 7.06. The predicted molar refractivity (Wildman–Crippen MR) is 53.2 cm³/mol. The van der Waals surface area contributed by atoms with Crippen LogP contribution in [0.25, 0.3) is 0 Å². The van der Waals surface area contributed by atoms with Crippen molar-refractivity contribution in [3.05, 3.63) is 0 Å². The molecule has 15 heavy (non-hydrogen) atoms. The lowest BCUT2D eigenvalue weighted by Gasteiger charge is -2.17. The zero-order valence-electron chi connectivity index (χ0n) is 9.61. The normalized spacial score (nSPS) is 14.1. The van der Waals surface area contributed by atoms with Crippen LogP contribution in [0.3, 0.4) is 0 Å². The Hall–Kier alpha value is -1.10. The molecule has 0 saturated carbocycles. The zero-order valence-corrected chi connectivity index (χ0v) is 9.61. The summed E-state index contributed by atoms with van der Waals surface area (Å²) < 4.78 is 14.4. The molecule has 0 aliphatic heterocycles. The van der Waals surface area contributed by atoms with E-state index in [0.29, 0.717) is 13.0 Å². The van der Waals surface area contributed by atoms with Crippen LogP contribution in [0.4, 0.5) is 0 Å². The largest absolute Gasteiger partial charge is 0.468 e. The van der Waals surface area contributed by atoms with Gasteiger partial charge in [0.25, 0.3) is 0 Å². The molecule has 5 nitrogen and oxygen atoms in total. The van der Waals surface area contributed by atoms with Crippen LogP contribution in [0, 0.1) is 5.92 Å². The minimum absolute atomic E-state index is 0.311. The van der Waals surface area contributed by atoms with Gasteiger partial charge in [0.05, 0.1) is 13.7 Å². The van der Waals surface area contributed by atoms with Crippen molar-refractivity contribution < 1.29 is 23.8 Å². The number of hydrogen-bond donors (Lipinski definition) is 0. The molecule has 0 N–H and O–H groups in total. The van der Waals surface area contributed by atoms with E-state index in [2.05, 4.69) is 4.74 Å². The standard InChI is InChI=1S/C10H18O5/c1-5-8(6-13-3)15-10(12)7(2)9(11)14-4/h7-8H,5-6H2,1-4H3. The highest BCUT2D eigenvalue weighted by Gasteiger charge is 2.25. The van der Waals surface area contributed by atoms with Crippen LogP contribution < -0.4 is 0 Å². The molecular weight excluding hydrogens is 200 g/mol. The van der Waals surface area contributed by atoms with Gasteiger partial charge >= 0.3 is 11.9 Å². The minimum Gasteiger partial charge on any atom is -0.468 e. The van der Waals surface area contributed by atoms with Gasteiger partial charge in [0.1, 0.15) is 6.10 Å². The molecule has 88 valence electrons. The summed E-state index contributed by atoms with van der Waals surface area (Å²) in [5.41, 5.74) is 0. The van der Waals surface area contributed by atoms with Gasteiger partial charge in [0, 0.05) is 7.11 Å². The molecule has 0 aliphatic carbocycles. The Bertz CT molecular complexity index is 214. The molecule has 0 aromatic rings. The van der Waals surface area contributed by atoms with Gasteiger partial charge in [-0.2, -0.15) is 0 Å². The average Bonchev–Trinajstić information content (AvgIpc) is 2.26. The Kier molecular flexibility index (Phi) is 6.70. The third-order valence-corrected chi connectivity index (χ3v) is 2.00. The number of carbonyl (C=O) groups is 2. The SMILES string of the molecule is CCC(COC)OC(=O)C(C)C(=O)OC. The summed E-state index contributed by atoms with van der Waals surface area (Å²) in [5.74, 6) is -2.06. The summed E-state index contributed by atoms with van der Waals surface area (Å²) in [7, 11) is 2.76. The van der Waals surface area contributed by atoms with Crippen molar-refractivity contribution in [1.29, 1.82) is 0 Å². The third kappa shape index (κ3) is 4.78. The molecule has 0 radical (unpaired) electrons. The fourth-order valence-corrected chi connectivity index (χ4v) is 0.960. The van der Waals surface area contributed by atoms with E-state index in [4.69, 9.17) is 9.47 Å². The molecule has 0 aliphatic rings. The summed E-state index contributed by atoms with van der Waals surface area (Å²) in [6.45, 7) is 3.66. The summed E-state index contributed by atoms with van der Waals surface area (Å²) >= 11 is 0. The maximum Gasteiger partial charge on any atom is 0.320 e. The maximum absolute atomic E-state index is 11.4. The van der Waals surface area contributed by atoms with Gasteiger partial charge in [0.15, 0.2) is 5.92 Å². The second kappa shape index (κ2) is 7.23. The molecular formula is C10H18O5. The van der Waals surface area contributed by atoms with Crippen molar-refractivity contribution in [2.75, 3.05) is 20.8 Å². The molecule has 2 atom stereocenters. The molecule has 5 heteroatoms. The van der Waals surface area contributed by atoms with E-state index >= 15 is 0 Å². The first-order valence-electron chi connectivity index (χ1n) is 4.84. The molecule has 0 saturated heterocycles. The fraction of sp³-hybridized carbons (Fsp3) is 0.800. The zero-order chi connectivity index (χ0) is 11.8. The van der Waals surface area contributed by atoms with E-state index in [1.165, 1.54) is 21.1 Å². The van der Waals surface area contributed by atoms with E-state index in [1.807, 2.05) is 6.92 Å². The fourth-order valence-electron chi connectivity index (χ4n) is 0.960. The van der Waals surface area contributed by atoms with Crippen LogP contribution in [0.5, 0.6) is 0 Å². The second-order valence-electron chi connectivity index (χ2n) is 3.17. The van der Waals surface area contributed by atoms with Crippen molar-refractivity contribution in [2.45, 2.75) is 26.4 Å². The average molecular weight is 218 g/mol. The Labute approximate surface area is 89.7 Å². The van der Waals surface area contributed by atoms with Crippen LogP contribution in [-0.4, -0.2) is 38.9 Å². The van der Waals surface area contributed by atoms with Gasteiger partial charge in [-0.05, 0) is 13.3 Å². The van der Waals surface area contributed by atoms with E-state index in [0.717, 1.165) is 0 Å². The molecule has 0 heterocycles. The number of rotatable bonds is 6. The van der Waals surface area contributed by atoms with Crippen LogP contribution in [0.1, 0.15) is 20.3 Å². The predicted octanol–water partition coefficient (Wildman–Crippen LogP) is 0.764. The van der Waals surface area contributed by atoms with Gasteiger partial charge in [-0.15, -0.1) is 0 Å². The minimum atomic E-state index is -0.888. The lowest BCUT2D eigenvalue weighted by atomic mass is 10.2. The van der Waals surface area contributed by atoms with E-state index in [1.54, 1.807) is 0 Å². The van der Waals surface area contributed by atoms with Crippen LogP contribution in [-0.2, 0) is 23.8 Å². The summed E-state index contributed by atoms with van der Waals surface area (Å²) in [4.78, 5) is 22.4. The van der Waals surface area contributed by atoms with Crippen molar-refractivity contribution in [1.82, 2.24) is 0 Å². The van der Waals surface area contributed by atoms with E-state index in [-0.39, 0.29) is 6.10 Å². The number of hydrogen-bond acceptors (Lipinski definition) is 5. The molecule has 0 amide bonds. The van der Waals surface area contributed by atoms with Gasteiger partial charge in [0.2, 0.25) is 0 Å². The molecule has 2 unspecified atom stereocenters. The maximum atomic E-state index is 11.4. The second-order valence-corrected chi connectivity index (χ2v) is 3.17. The van der Waals surface area contributed by atoms with Crippen molar-refractivity contribution >= 4 is 11.9 Å². The highest BCUT2D eigenvalue weighted by Crippen LogP contribution is 2.06. The Morgan fingerprint density at radius 3 is 2.20 bits per heavy atom.